The third-order valence-electron chi connectivity index (χ3n) is 4.22. The van der Waals surface area contributed by atoms with E-state index < -0.39 is 5.82 Å². The lowest BCUT2D eigenvalue weighted by Crippen LogP contribution is -2.01. The van der Waals surface area contributed by atoms with Gasteiger partial charge in [0.05, 0.1) is 17.1 Å². The molecule has 4 nitrogen and oxygen atoms in total. The summed E-state index contributed by atoms with van der Waals surface area (Å²) < 4.78 is 15.8. The highest BCUT2D eigenvalue weighted by Crippen LogP contribution is 2.35. The van der Waals surface area contributed by atoms with E-state index in [2.05, 4.69) is 5.10 Å². The number of halogens is 2. The molecule has 0 bridgehead atoms. The van der Waals surface area contributed by atoms with Crippen molar-refractivity contribution < 1.29 is 14.6 Å². The fraction of sp³-hybridized carbons (Fsp3) is 0.0500. The average Bonchev–Trinajstić information content (AvgIpc) is 2.96. The van der Waals surface area contributed by atoms with Crippen LogP contribution in [0, 0.1) is 5.82 Å². The Labute approximate surface area is 153 Å². The number of hydrogen-bond acceptors (Lipinski definition) is 3. The molecule has 0 fully saturated rings. The molecule has 6 heteroatoms. The van der Waals surface area contributed by atoms with Gasteiger partial charge in [0.2, 0.25) is 0 Å². The summed E-state index contributed by atoms with van der Waals surface area (Å²) in [6.45, 7) is 0.489. The monoisotopic (exact) mass is 368 g/mol. The molecule has 0 aliphatic carbocycles. The van der Waals surface area contributed by atoms with Crippen LogP contribution in [0.15, 0.2) is 60.7 Å². The molecule has 4 aromatic rings. The number of hydrogen-bond donors (Lipinski definition) is 2. The quantitative estimate of drug-likeness (QED) is 0.503. The molecule has 0 saturated carbocycles. The van der Waals surface area contributed by atoms with E-state index >= 15 is 0 Å². The number of benzene rings is 3. The molecule has 0 aliphatic heterocycles. The molecule has 0 radical (unpaired) electrons. The van der Waals surface area contributed by atoms with Crippen LogP contribution in [-0.4, -0.2) is 20.0 Å². The minimum absolute atomic E-state index is 0.0202. The fourth-order valence-electron chi connectivity index (χ4n) is 2.93. The summed E-state index contributed by atoms with van der Waals surface area (Å²) in [6.07, 6.45) is 0. The first-order valence-electron chi connectivity index (χ1n) is 7.95. The fourth-order valence-corrected chi connectivity index (χ4v) is 3.09. The van der Waals surface area contributed by atoms with Gasteiger partial charge in [-0.2, -0.15) is 5.10 Å². The highest BCUT2D eigenvalue weighted by molar-refractivity contribution is 6.31. The number of aromatic nitrogens is 2. The van der Waals surface area contributed by atoms with E-state index in [1.165, 1.54) is 18.2 Å². The number of rotatable bonds is 3. The van der Waals surface area contributed by atoms with Crippen molar-refractivity contribution in [2.75, 3.05) is 0 Å². The Kier molecular flexibility index (Phi) is 4.01. The molecule has 1 heterocycles. The van der Waals surface area contributed by atoms with Gasteiger partial charge < -0.3 is 10.2 Å². The molecule has 0 atom stereocenters. The molecule has 0 amide bonds. The highest BCUT2D eigenvalue weighted by atomic mass is 35.5. The Hall–Kier alpha value is -3.05. The lowest BCUT2D eigenvalue weighted by Gasteiger charge is -2.04. The Bertz CT molecular complexity index is 1110. The van der Waals surface area contributed by atoms with Crippen molar-refractivity contribution in [3.8, 4) is 22.8 Å². The third kappa shape index (κ3) is 2.86. The van der Waals surface area contributed by atoms with Gasteiger partial charge in [-0.1, -0.05) is 41.9 Å². The van der Waals surface area contributed by atoms with Gasteiger partial charge in [-0.05, 0) is 35.9 Å². The SMILES string of the molecule is Oc1ccc(-c2nn(Cc3ccccc3)c3cc(Cl)c(F)cc23)cc1O. The number of phenols is 2. The van der Waals surface area contributed by atoms with E-state index in [0.717, 1.165) is 5.56 Å². The maximum absolute atomic E-state index is 14.1. The molecule has 0 spiro atoms. The highest BCUT2D eigenvalue weighted by Gasteiger charge is 2.16. The number of phenolic OH excluding ortho intramolecular Hbond substituents is 2. The number of aromatic hydroxyl groups is 2. The van der Waals surface area contributed by atoms with E-state index in [-0.39, 0.29) is 16.5 Å². The van der Waals surface area contributed by atoms with Crippen LogP contribution in [0.4, 0.5) is 4.39 Å². The standard InChI is InChI=1S/C20H14ClFN2O2/c21-15-10-17-14(9-16(15)22)20(13-6-7-18(25)19(26)8-13)23-24(17)11-12-4-2-1-3-5-12/h1-10,25-26H,11H2. The minimum Gasteiger partial charge on any atom is -0.504 e. The maximum atomic E-state index is 14.1. The van der Waals surface area contributed by atoms with Crippen LogP contribution < -0.4 is 0 Å². The van der Waals surface area contributed by atoms with E-state index in [4.69, 9.17) is 11.6 Å². The predicted octanol–water partition coefficient (Wildman–Crippen LogP) is 4.96. The van der Waals surface area contributed by atoms with Crippen LogP contribution in [0.1, 0.15) is 5.56 Å². The minimum atomic E-state index is -0.539. The van der Waals surface area contributed by atoms with Crippen molar-refractivity contribution in [3.63, 3.8) is 0 Å². The van der Waals surface area contributed by atoms with Crippen LogP contribution in [0.5, 0.6) is 11.5 Å². The summed E-state index contributed by atoms with van der Waals surface area (Å²) in [7, 11) is 0. The van der Waals surface area contributed by atoms with Crippen molar-refractivity contribution in [2.45, 2.75) is 6.54 Å². The van der Waals surface area contributed by atoms with E-state index in [1.54, 1.807) is 16.8 Å². The molecule has 0 aliphatic rings. The third-order valence-corrected chi connectivity index (χ3v) is 4.51. The Balaban J connectivity index is 1.92. The summed E-state index contributed by atoms with van der Waals surface area (Å²) >= 11 is 5.97. The molecule has 4 rings (SSSR count). The zero-order valence-corrected chi connectivity index (χ0v) is 14.3. The second-order valence-electron chi connectivity index (χ2n) is 5.98. The number of nitrogens with zero attached hydrogens (tertiary/aromatic N) is 2. The van der Waals surface area contributed by atoms with Gasteiger partial charge in [-0.25, -0.2) is 4.39 Å². The second-order valence-corrected chi connectivity index (χ2v) is 6.39. The zero-order valence-electron chi connectivity index (χ0n) is 13.5. The van der Waals surface area contributed by atoms with Gasteiger partial charge in [-0.3, -0.25) is 4.68 Å². The van der Waals surface area contributed by atoms with E-state index in [1.807, 2.05) is 30.3 Å². The lowest BCUT2D eigenvalue weighted by molar-refractivity contribution is 0.404. The molecular weight excluding hydrogens is 355 g/mol. The van der Waals surface area contributed by atoms with Gasteiger partial charge in [0.15, 0.2) is 11.5 Å². The van der Waals surface area contributed by atoms with Gasteiger partial charge in [0, 0.05) is 10.9 Å². The van der Waals surface area contributed by atoms with Crippen LogP contribution in [0.2, 0.25) is 5.02 Å². The Morgan fingerprint density at radius 3 is 2.46 bits per heavy atom. The molecule has 0 saturated heterocycles. The molecule has 2 N–H and O–H groups in total. The molecule has 3 aromatic carbocycles. The number of fused-ring (bicyclic) bond motifs is 1. The van der Waals surface area contributed by atoms with Gasteiger partial charge in [-0.15, -0.1) is 0 Å². The van der Waals surface area contributed by atoms with Crippen molar-refractivity contribution in [2.24, 2.45) is 0 Å². The summed E-state index contributed by atoms with van der Waals surface area (Å²) in [5.41, 5.74) is 2.79. The summed E-state index contributed by atoms with van der Waals surface area (Å²) in [6, 6.07) is 17.0. The zero-order chi connectivity index (χ0) is 18.3. The topological polar surface area (TPSA) is 58.3 Å². The van der Waals surface area contributed by atoms with Crippen molar-refractivity contribution in [1.82, 2.24) is 9.78 Å². The Morgan fingerprint density at radius 2 is 1.73 bits per heavy atom. The molecule has 0 unspecified atom stereocenters. The normalized spacial score (nSPS) is 11.2. The smallest absolute Gasteiger partial charge is 0.158 e. The van der Waals surface area contributed by atoms with Crippen molar-refractivity contribution >= 4 is 22.5 Å². The second kappa shape index (κ2) is 6.35. The van der Waals surface area contributed by atoms with Crippen molar-refractivity contribution in [1.29, 1.82) is 0 Å². The summed E-state index contributed by atoms with van der Waals surface area (Å²) in [5, 5.41) is 24.5. The van der Waals surface area contributed by atoms with E-state index in [9.17, 15) is 14.6 Å². The summed E-state index contributed by atoms with van der Waals surface area (Å²) in [4.78, 5) is 0. The van der Waals surface area contributed by atoms with Gasteiger partial charge >= 0.3 is 0 Å². The van der Waals surface area contributed by atoms with Gasteiger partial charge in [0.25, 0.3) is 0 Å². The maximum Gasteiger partial charge on any atom is 0.158 e. The average molecular weight is 369 g/mol. The predicted molar refractivity (Wildman–Crippen MR) is 99.0 cm³/mol. The first kappa shape index (κ1) is 16.4. The van der Waals surface area contributed by atoms with Crippen LogP contribution in [0.3, 0.4) is 0 Å². The first-order chi connectivity index (χ1) is 12.5. The van der Waals surface area contributed by atoms with Crippen molar-refractivity contribution in [3.05, 3.63) is 77.1 Å². The largest absolute Gasteiger partial charge is 0.504 e. The molecule has 26 heavy (non-hydrogen) atoms. The van der Waals surface area contributed by atoms with Crippen LogP contribution in [0.25, 0.3) is 22.2 Å². The molecule has 130 valence electrons. The first-order valence-corrected chi connectivity index (χ1v) is 8.32. The lowest BCUT2D eigenvalue weighted by atomic mass is 10.1. The van der Waals surface area contributed by atoms with E-state index in [0.29, 0.717) is 28.7 Å². The van der Waals surface area contributed by atoms with Crippen LogP contribution in [-0.2, 0) is 6.54 Å². The Morgan fingerprint density at radius 1 is 0.962 bits per heavy atom. The van der Waals surface area contributed by atoms with Gasteiger partial charge in [0.1, 0.15) is 11.5 Å². The summed E-state index contributed by atoms with van der Waals surface area (Å²) in [5.74, 6) is -1.03. The molecular formula is C20H14ClFN2O2. The van der Waals surface area contributed by atoms with Crippen LogP contribution >= 0.6 is 11.6 Å². The molecule has 1 aromatic heterocycles.